The molecular weight excluding hydrogens is 290 g/mol. The van der Waals surface area contributed by atoms with Crippen molar-refractivity contribution >= 4 is 17.7 Å². The molecule has 0 aliphatic carbocycles. The number of rotatable bonds is 5. The summed E-state index contributed by atoms with van der Waals surface area (Å²) in [5.74, 6) is 1.83. The van der Waals surface area contributed by atoms with E-state index in [1.165, 1.54) is 11.8 Å². The predicted octanol–water partition coefficient (Wildman–Crippen LogP) is 1.24. The van der Waals surface area contributed by atoms with Crippen LogP contribution in [0.1, 0.15) is 17.4 Å². The molecule has 112 valence electrons. The molecule has 0 fully saturated rings. The van der Waals surface area contributed by atoms with Gasteiger partial charge in [0.2, 0.25) is 5.95 Å². The van der Waals surface area contributed by atoms with Crippen LogP contribution >= 0.6 is 11.8 Å². The molecule has 0 aliphatic heterocycles. The molecule has 0 saturated carbocycles. The van der Waals surface area contributed by atoms with Gasteiger partial charge in [-0.1, -0.05) is 11.8 Å². The van der Waals surface area contributed by atoms with E-state index in [1.807, 2.05) is 12.3 Å². The predicted molar refractivity (Wildman–Crippen MR) is 81.6 cm³/mol. The molecule has 1 atom stereocenters. The summed E-state index contributed by atoms with van der Waals surface area (Å²) in [6, 6.07) is 4.82. The monoisotopic (exact) mass is 307 g/mol. The molecule has 0 radical (unpaired) electrons. The maximum atomic E-state index is 6.24. The van der Waals surface area contributed by atoms with E-state index < -0.39 is 6.04 Å². The van der Waals surface area contributed by atoms with E-state index in [0.29, 0.717) is 22.5 Å². The molecule has 21 heavy (non-hydrogen) atoms. The van der Waals surface area contributed by atoms with Crippen LogP contribution in [-0.2, 0) is 0 Å². The molecule has 0 aliphatic rings. The Morgan fingerprint density at radius 2 is 1.90 bits per heavy atom. The number of benzene rings is 1. The highest BCUT2D eigenvalue weighted by molar-refractivity contribution is 7.98. The Morgan fingerprint density at radius 1 is 1.14 bits per heavy atom. The fourth-order valence-electron chi connectivity index (χ4n) is 1.83. The summed E-state index contributed by atoms with van der Waals surface area (Å²) in [5.41, 5.74) is 12.7. The third kappa shape index (κ3) is 3.34. The molecule has 1 aromatic heterocycles. The highest BCUT2D eigenvalue weighted by Gasteiger charge is 2.19. The summed E-state index contributed by atoms with van der Waals surface area (Å²) in [6.45, 7) is 0. The largest absolute Gasteiger partial charge is 0.497 e. The molecule has 1 heterocycles. The van der Waals surface area contributed by atoms with E-state index in [4.69, 9.17) is 20.9 Å². The number of thioether (sulfide) groups is 1. The highest BCUT2D eigenvalue weighted by atomic mass is 32.2. The molecule has 4 N–H and O–H groups in total. The van der Waals surface area contributed by atoms with Gasteiger partial charge in [0, 0.05) is 11.6 Å². The number of nitrogens with two attached hydrogens (primary N) is 2. The molecule has 7 nitrogen and oxygen atoms in total. The minimum Gasteiger partial charge on any atom is -0.497 e. The molecule has 8 heteroatoms. The van der Waals surface area contributed by atoms with Gasteiger partial charge in [0.25, 0.3) is 0 Å². The molecule has 0 bridgehead atoms. The van der Waals surface area contributed by atoms with E-state index in [9.17, 15) is 0 Å². The molecule has 0 saturated heterocycles. The summed E-state index contributed by atoms with van der Waals surface area (Å²) >= 11 is 1.38. The Morgan fingerprint density at radius 3 is 2.52 bits per heavy atom. The van der Waals surface area contributed by atoms with Gasteiger partial charge in [-0.05, 0) is 18.4 Å². The number of aromatic nitrogens is 3. The van der Waals surface area contributed by atoms with Crippen LogP contribution in [0.15, 0.2) is 23.4 Å². The van der Waals surface area contributed by atoms with Crippen molar-refractivity contribution in [3.63, 3.8) is 0 Å². The first-order chi connectivity index (χ1) is 10.1. The zero-order valence-corrected chi connectivity index (χ0v) is 12.8. The number of hydrogen-bond donors (Lipinski definition) is 2. The van der Waals surface area contributed by atoms with Crippen LogP contribution in [0, 0.1) is 0 Å². The molecule has 2 aromatic rings. The number of anilines is 1. The van der Waals surface area contributed by atoms with Crippen molar-refractivity contribution < 1.29 is 9.47 Å². The fourth-order valence-corrected chi connectivity index (χ4v) is 2.20. The Hall–Kier alpha value is -2.06. The molecular formula is C13H17N5O2S. The topological polar surface area (TPSA) is 109 Å². The molecule has 2 rings (SSSR count). The molecule has 0 amide bonds. The average Bonchev–Trinajstić information content (AvgIpc) is 2.52. The van der Waals surface area contributed by atoms with Gasteiger partial charge in [0.1, 0.15) is 11.5 Å². The summed E-state index contributed by atoms with van der Waals surface area (Å²) in [6.07, 6.45) is 1.86. The lowest BCUT2D eigenvalue weighted by Crippen LogP contribution is -2.18. The first kappa shape index (κ1) is 15.3. The number of ether oxygens (including phenoxy) is 2. The first-order valence-electron chi connectivity index (χ1n) is 6.12. The quantitative estimate of drug-likeness (QED) is 0.794. The molecule has 1 aromatic carbocycles. The number of nitrogens with zero attached hydrogens (tertiary/aromatic N) is 3. The highest BCUT2D eigenvalue weighted by Crippen LogP contribution is 2.31. The Kier molecular flexibility index (Phi) is 4.81. The second-order valence-corrected chi connectivity index (χ2v) is 4.90. The normalized spacial score (nSPS) is 12.0. The third-order valence-electron chi connectivity index (χ3n) is 2.89. The van der Waals surface area contributed by atoms with E-state index in [2.05, 4.69) is 15.0 Å². The summed E-state index contributed by atoms with van der Waals surface area (Å²) in [7, 11) is 3.16. The Balaban J connectivity index is 2.44. The van der Waals surface area contributed by atoms with E-state index in [-0.39, 0.29) is 5.95 Å². The van der Waals surface area contributed by atoms with Gasteiger partial charge >= 0.3 is 0 Å². The maximum Gasteiger partial charge on any atom is 0.224 e. The Bertz CT molecular complexity index is 638. The van der Waals surface area contributed by atoms with Crippen LogP contribution in [0.4, 0.5) is 5.95 Å². The van der Waals surface area contributed by atoms with Crippen LogP contribution in [0.5, 0.6) is 11.5 Å². The third-order valence-corrected chi connectivity index (χ3v) is 3.43. The smallest absolute Gasteiger partial charge is 0.224 e. The van der Waals surface area contributed by atoms with Crippen molar-refractivity contribution in [2.45, 2.75) is 11.2 Å². The number of nitrogen functional groups attached to an aromatic ring is 1. The summed E-state index contributed by atoms with van der Waals surface area (Å²) in [4.78, 5) is 12.4. The van der Waals surface area contributed by atoms with Crippen molar-refractivity contribution in [2.75, 3.05) is 26.2 Å². The van der Waals surface area contributed by atoms with Crippen LogP contribution in [0.2, 0.25) is 0 Å². The summed E-state index contributed by atoms with van der Waals surface area (Å²) < 4.78 is 10.5. The van der Waals surface area contributed by atoms with Crippen molar-refractivity contribution in [1.82, 2.24) is 15.0 Å². The maximum absolute atomic E-state index is 6.24. The van der Waals surface area contributed by atoms with Crippen LogP contribution in [-0.4, -0.2) is 35.4 Å². The van der Waals surface area contributed by atoms with Gasteiger partial charge in [-0.15, -0.1) is 0 Å². The molecule has 0 spiro atoms. The van der Waals surface area contributed by atoms with E-state index in [0.717, 1.165) is 5.56 Å². The Labute approximate surface area is 127 Å². The lowest BCUT2D eigenvalue weighted by Gasteiger charge is -2.16. The first-order valence-corrected chi connectivity index (χ1v) is 7.34. The van der Waals surface area contributed by atoms with Crippen LogP contribution in [0.3, 0.4) is 0 Å². The van der Waals surface area contributed by atoms with Crippen molar-refractivity contribution in [3.8, 4) is 11.5 Å². The van der Waals surface area contributed by atoms with Gasteiger partial charge in [0.05, 0.1) is 20.3 Å². The lowest BCUT2D eigenvalue weighted by molar-refractivity contribution is 0.389. The summed E-state index contributed by atoms with van der Waals surface area (Å²) in [5, 5.41) is 0.528. The van der Waals surface area contributed by atoms with Gasteiger partial charge in [0.15, 0.2) is 11.0 Å². The second-order valence-electron chi connectivity index (χ2n) is 4.12. The van der Waals surface area contributed by atoms with Gasteiger partial charge in [-0.3, -0.25) is 0 Å². The zero-order chi connectivity index (χ0) is 15.4. The SMILES string of the molecule is COc1ccc(C(N)c2nc(N)nc(SC)n2)c(OC)c1. The number of methoxy groups -OCH3 is 2. The lowest BCUT2D eigenvalue weighted by atomic mass is 10.1. The van der Waals surface area contributed by atoms with E-state index >= 15 is 0 Å². The standard InChI is InChI=1S/C13H17N5O2S/c1-19-7-4-5-8(9(6-7)20-2)10(14)11-16-12(15)18-13(17-11)21-3/h4-6,10H,14H2,1-3H3,(H2,15,16,17,18). The van der Waals surface area contributed by atoms with Gasteiger partial charge in [-0.2, -0.15) is 9.97 Å². The fraction of sp³-hybridized carbons (Fsp3) is 0.308. The van der Waals surface area contributed by atoms with Gasteiger partial charge < -0.3 is 20.9 Å². The van der Waals surface area contributed by atoms with Crippen LogP contribution < -0.4 is 20.9 Å². The number of hydrogen-bond acceptors (Lipinski definition) is 8. The minimum atomic E-state index is -0.568. The zero-order valence-electron chi connectivity index (χ0n) is 12.0. The van der Waals surface area contributed by atoms with Crippen LogP contribution in [0.25, 0.3) is 0 Å². The van der Waals surface area contributed by atoms with Crippen molar-refractivity contribution in [2.24, 2.45) is 5.73 Å². The average molecular weight is 307 g/mol. The van der Waals surface area contributed by atoms with Gasteiger partial charge in [-0.25, -0.2) is 4.98 Å². The van der Waals surface area contributed by atoms with E-state index in [1.54, 1.807) is 26.4 Å². The van der Waals surface area contributed by atoms with Crippen molar-refractivity contribution in [3.05, 3.63) is 29.6 Å². The molecule has 1 unspecified atom stereocenters. The minimum absolute atomic E-state index is 0.146. The second kappa shape index (κ2) is 6.59. The van der Waals surface area contributed by atoms with Crippen molar-refractivity contribution in [1.29, 1.82) is 0 Å².